The van der Waals surface area contributed by atoms with E-state index in [1.807, 2.05) is 13.0 Å². The molecule has 6 heteroatoms. The minimum absolute atomic E-state index is 0.361. The third-order valence-electron chi connectivity index (χ3n) is 6.49. The number of allylic oxidation sites excluding steroid dienone is 4. The average molecular weight is 498 g/mol. The Hall–Kier alpha value is -1.21. The molecule has 4 atom stereocenters. The summed E-state index contributed by atoms with van der Waals surface area (Å²) in [6, 6.07) is -0.999. The number of rotatable bonds is 24. The van der Waals surface area contributed by atoms with E-state index in [1.165, 1.54) is 51.4 Å². The van der Waals surface area contributed by atoms with Crippen LogP contribution in [0.3, 0.4) is 0 Å². The molecule has 0 aromatic heterocycles. The van der Waals surface area contributed by atoms with Gasteiger partial charge in [-0.15, -0.1) is 0 Å². The zero-order valence-electron chi connectivity index (χ0n) is 22.5. The van der Waals surface area contributed by atoms with Crippen molar-refractivity contribution in [1.82, 2.24) is 5.32 Å². The maximum Gasteiger partial charge on any atom is 0.249 e. The Kier molecular flexibility index (Phi) is 23.6. The number of nitrogens with one attached hydrogen (secondary N) is 1. The van der Waals surface area contributed by atoms with Gasteiger partial charge in [0.05, 0.1) is 18.8 Å². The molecule has 5 N–H and O–H groups in total. The molecule has 0 aliphatic carbocycles. The fourth-order valence-electron chi connectivity index (χ4n) is 4.13. The second kappa shape index (κ2) is 24.5. The Morgan fingerprint density at radius 1 is 0.743 bits per heavy atom. The predicted octanol–water partition coefficient (Wildman–Crippen LogP) is 5.33. The SMILES string of the molecule is C/C=C/CC/C=C/CCCC(O)C(O)C(CO)NC(=O)C(O)CCCCCCCCCCCCC. The first-order valence-electron chi connectivity index (χ1n) is 14.2. The van der Waals surface area contributed by atoms with Crippen LogP contribution in [0.1, 0.15) is 123 Å². The van der Waals surface area contributed by atoms with Gasteiger partial charge in [0.25, 0.3) is 0 Å². The first-order valence-corrected chi connectivity index (χ1v) is 14.2. The van der Waals surface area contributed by atoms with Crippen molar-refractivity contribution < 1.29 is 25.2 Å². The summed E-state index contributed by atoms with van der Waals surface area (Å²) < 4.78 is 0. The van der Waals surface area contributed by atoms with Crippen LogP contribution >= 0.6 is 0 Å². The summed E-state index contributed by atoms with van der Waals surface area (Å²) in [6.07, 6.45) is 22.3. The Morgan fingerprint density at radius 3 is 1.86 bits per heavy atom. The third kappa shape index (κ3) is 19.6. The van der Waals surface area contributed by atoms with Crippen molar-refractivity contribution in [3.63, 3.8) is 0 Å². The van der Waals surface area contributed by atoms with E-state index in [0.29, 0.717) is 19.3 Å². The van der Waals surface area contributed by atoms with Gasteiger partial charge in [-0.05, 0) is 45.4 Å². The Morgan fingerprint density at radius 2 is 1.29 bits per heavy atom. The first kappa shape index (κ1) is 33.8. The van der Waals surface area contributed by atoms with Crippen molar-refractivity contribution in [3.8, 4) is 0 Å². The van der Waals surface area contributed by atoms with Crippen LogP contribution in [-0.4, -0.2) is 57.3 Å². The normalized spacial score (nSPS) is 15.5. The number of hydrogen-bond donors (Lipinski definition) is 5. The number of hydrogen-bond acceptors (Lipinski definition) is 5. The average Bonchev–Trinajstić information content (AvgIpc) is 2.86. The largest absolute Gasteiger partial charge is 0.394 e. The van der Waals surface area contributed by atoms with E-state index in [0.717, 1.165) is 38.5 Å². The van der Waals surface area contributed by atoms with Crippen molar-refractivity contribution in [2.45, 2.75) is 147 Å². The maximum absolute atomic E-state index is 12.3. The topological polar surface area (TPSA) is 110 Å². The molecule has 0 aliphatic heterocycles. The summed E-state index contributed by atoms with van der Waals surface area (Å²) in [5.74, 6) is -0.605. The lowest BCUT2D eigenvalue weighted by Crippen LogP contribution is -2.53. The van der Waals surface area contributed by atoms with E-state index in [4.69, 9.17) is 0 Å². The zero-order chi connectivity index (χ0) is 26.2. The predicted molar refractivity (Wildman–Crippen MR) is 145 cm³/mol. The van der Waals surface area contributed by atoms with Gasteiger partial charge >= 0.3 is 0 Å². The molecule has 0 saturated carbocycles. The molecule has 4 unspecified atom stereocenters. The molecule has 35 heavy (non-hydrogen) atoms. The quantitative estimate of drug-likeness (QED) is 0.0914. The van der Waals surface area contributed by atoms with Gasteiger partial charge in [0.1, 0.15) is 12.2 Å². The zero-order valence-corrected chi connectivity index (χ0v) is 22.5. The minimum Gasteiger partial charge on any atom is -0.394 e. The van der Waals surface area contributed by atoms with Crippen molar-refractivity contribution in [3.05, 3.63) is 24.3 Å². The lowest BCUT2D eigenvalue weighted by Gasteiger charge is -2.27. The number of aliphatic hydroxyl groups excluding tert-OH is 4. The van der Waals surface area contributed by atoms with E-state index >= 15 is 0 Å². The van der Waals surface area contributed by atoms with Gasteiger partial charge in [-0.3, -0.25) is 4.79 Å². The number of unbranched alkanes of at least 4 members (excludes halogenated alkanes) is 12. The van der Waals surface area contributed by atoms with E-state index in [9.17, 15) is 25.2 Å². The highest BCUT2D eigenvalue weighted by Crippen LogP contribution is 2.13. The van der Waals surface area contributed by atoms with Gasteiger partial charge < -0.3 is 25.7 Å². The summed E-state index contributed by atoms with van der Waals surface area (Å²) in [5.41, 5.74) is 0. The Labute approximate surface area is 214 Å². The summed E-state index contributed by atoms with van der Waals surface area (Å²) in [5, 5.41) is 42.8. The van der Waals surface area contributed by atoms with Crippen LogP contribution < -0.4 is 5.32 Å². The van der Waals surface area contributed by atoms with Gasteiger partial charge in [-0.2, -0.15) is 0 Å². The Bertz CT molecular complexity index is 537. The van der Waals surface area contributed by atoms with Gasteiger partial charge in [-0.1, -0.05) is 102 Å². The van der Waals surface area contributed by atoms with Crippen molar-refractivity contribution >= 4 is 5.91 Å². The summed E-state index contributed by atoms with van der Waals surface area (Å²) in [4.78, 5) is 12.3. The summed E-state index contributed by atoms with van der Waals surface area (Å²) in [6.45, 7) is 3.73. The van der Waals surface area contributed by atoms with Gasteiger partial charge in [0, 0.05) is 0 Å². The molecular formula is C29H55NO5. The molecule has 0 aromatic carbocycles. The van der Waals surface area contributed by atoms with Crippen LogP contribution in [0.4, 0.5) is 0 Å². The van der Waals surface area contributed by atoms with Crippen LogP contribution in [0.5, 0.6) is 0 Å². The van der Waals surface area contributed by atoms with Crippen molar-refractivity contribution in [1.29, 1.82) is 0 Å². The molecular weight excluding hydrogens is 442 g/mol. The van der Waals surface area contributed by atoms with Gasteiger partial charge in [0.2, 0.25) is 5.91 Å². The van der Waals surface area contributed by atoms with Crippen LogP contribution in [0.2, 0.25) is 0 Å². The third-order valence-corrected chi connectivity index (χ3v) is 6.49. The molecule has 0 heterocycles. The molecule has 0 spiro atoms. The molecule has 0 bridgehead atoms. The van der Waals surface area contributed by atoms with Crippen molar-refractivity contribution in [2.24, 2.45) is 0 Å². The molecule has 0 aliphatic rings. The second-order valence-corrected chi connectivity index (χ2v) is 9.74. The lowest BCUT2D eigenvalue weighted by atomic mass is 10.00. The van der Waals surface area contributed by atoms with Crippen LogP contribution in [0, 0.1) is 0 Å². The van der Waals surface area contributed by atoms with Crippen LogP contribution in [-0.2, 0) is 4.79 Å². The molecule has 0 aromatic rings. The number of carbonyl (C=O) groups is 1. The van der Waals surface area contributed by atoms with E-state index in [-0.39, 0.29) is 0 Å². The fourth-order valence-corrected chi connectivity index (χ4v) is 4.13. The monoisotopic (exact) mass is 497 g/mol. The molecule has 0 fully saturated rings. The molecule has 0 radical (unpaired) electrons. The smallest absolute Gasteiger partial charge is 0.249 e. The van der Waals surface area contributed by atoms with Gasteiger partial charge in [-0.25, -0.2) is 0 Å². The minimum atomic E-state index is -1.28. The lowest BCUT2D eigenvalue weighted by molar-refractivity contribution is -0.132. The molecule has 1 amide bonds. The first-order chi connectivity index (χ1) is 17.0. The van der Waals surface area contributed by atoms with Gasteiger partial charge in [0.15, 0.2) is 0 Å². The number of aliphatic hydroxyl groups is 4. The van der Waals surface area contributed by atoms with E-state index in [1.54, 1.807) is 0 Å². The molecule has 206 valence electrons. The second-order valence-electron chi connectivity index (χ2n) is 9.74. The molecule has 0 rings (SSSR count). The highest BCUT2D eigenvalue weighted by atomic mass is 16.3. The van der Waals surface area contributed by atoms with Crippen LogP contribution in [0.25, 0.3) is 0 Å². The van der Waals surface area contributed by atoms with Crippen molar-refractivity contribution in [2.75, 3.05) is 6.61 Å². The number of amides is 1. The molecule has 0 saturated heterocycles. The Balaban J connectivity index is 3.99. The maximum atomic E-state index is 12.3. The highest BCUT2D eigenvalue weighted by Gasteiger charge is 2.28. The fraction of sp³-hybridized carbons (Fsp3) is 0.828. The standard InChI is InChI=1S/C29H55NO5/c1-3-5-7-9-11-13-14-15-17-19-21-23-27(33)29(35)30-25(24-31)28(34)26(32)22-20-18-16-12-10-8-6-4-2/h4,6,12,16,25-28,31-34H,3,5,7-11,13-15,17-24H2,1-2H3,(H,30,35)/b6-4+,16-12+. The summed E-state index contributed by atoms with van der Waals surface area (Å²) >= 11 is 0. The number of carbonyl (C=O) groups excluding carboxylic acids is 1. The van der Waals surface area contributed by atoms with E-state index in [2.05, 4.69) is 30.5 Å². The summed E-state index contributed by atoms with van der Waals surface area (Å²) in [7, 11) is 0. The molecule has 6 nitrogen and oxygen atoms in total. The van der Waals surface area contributed by atoms with E-state index < -0.39 is 36.9 Å². The van der Waals surface area contributed by atoms with Crippen LogP contribution in [0.15, 0.2) is 24.3 Å². The highest BCUT2D eigenvalue weighted by molar-refractivity contribution is 5.80.